The molecule has 2 aliphatic carbocycles. The minimum absolute atomic E-state index is 0.281. The van der Waals surface area contributed by atoms with Crippen molar-refractivity contribution in [1.29, 1.82) is 0 Å². The molecule has 0 spiro atoms. The number of hydrogen-bond donors (Lipinski definition) is 0. The first kappa shape index (κ1) is 18.4. The number of rotatable bonds is 2. The summed E-state index contributed by atoms with van der Waals surface area (Å²) in [6, 6.07) is 2.55. The normalized spacial score (nSPS) is 26.9. The monoisotopic (exact) mass is 400 g/mol. The zero-order chi connectivity index (χ0) is 18.1. The van der Waals surface area contributed by atoms with E-state index in [0.717, 1.165) is 0 Å². The van der Waals surface area contributed by atoms with Crippen LogP contribution >= 0.6 is 0 Å². The van der Waals surface area contributed by atoms with Gasteiger partial charge in [0.15, 0.2) is 0 Å². The fourth-order valence-corrected chi connectivity index (χ4v) is 15.3. The zero-order valence-corrected chi connectivity index (χ0v) is 19.6. The van der Waals surface area contributed by atoms with Gasteiger partial charge in [-0.05, 0) is 0 Å². The van der Waals surface area contributed by atoms with Crippen LogP contribution in [-0.4, -0.2) is 0 Å². The van der Waals surface area contributed by atoms with Gasteiger partial charge in [-0.15, -0.1) is 0 Å². The van der Waals surface area contributed by atoms with E-state index in [1.807, 2.05) is 0 Å². The van der Waals surface area contributed by atoms with E-state index in [-0.39, 0.29) is 5.41 Å². The second-order valence-corrected chi connectivity index (χ2v) is 23.2. The van der Waals surface area contributed by atoms with Gasteiger partial charge in [0.1, 0.15) is 0 Å². The Hall–Kier alpha value is -0.417. The molecule has 1 aromatic carbocycles. The van der Waals surface area contributed by atoms with Gasteiger partial charge in [0.25, 0.3) is 0 Å². The summed E-state index contributed by atoms with van der Waals surface area (Å²) in [5.74, 6) is 0. The molecule has 1 heteroatoms. The minimum atomic E-state index is -2.58. The Morgan fingerprint density at radius 2 is 1.42 bits per heavy atom. The van der Waals surface area contributed by atoms with Crippen molar-refractivity contribution in [2.24, 2.45) is 0 Å². The molecule has 0 bridgehead atoms. The van der Waals surface area contributed by atoms with Gasteiger partial charge >= 0.3 is 154 Å². The summed E-state index contributed by atoms with van der Waals surface area (Å²) in [6.45, 7) is 17.0. The molecule has 0 amide bonds. The van der Waals surface area contributed by atoms with E-state index in [9.17, 15) is 0 Å². The third-order valence-corrected chi connectivity index (χ3v) is 23.3. The number of hydrogen-bond acceptors (Lipinski definition) is 0. The Labute approximate surface area is 153 Å². The first-order valence-corrected chi connectivity index (χ1v) is 16.7. The van der Waals surface area contributed by atoms with E-state index in [2.05, 4.69) is 88.1 Å². The molecule has 3 rings (SSSR count). The van der Waals surface area contributed by atoms with Crippen molar-refractivity contribution in [3.63, 3.8) is 0 Å². The van der Waals surface area contributed by atoms with E-state index in [4.69, 9.17) is 0 Å². The predicted molar refractivity (Wildman–Crippen MR) is 104 cm³/mol. The molecule has 2 aliphatic rings. The third-order valence-electron chi connectivity index (χ3n) is 7.95. The summed E-state index contributed by atoms with van der Waals surface area (Å²) >= 11 is -2.58. The van der Waals surface area contributed by atoms with E-state index in [0.29, 0.717) is 6.25 Å². The molecule has 0 N–H and O–H groups in total. The molecule has 0 aromatic heterocycles. The molecule has 0 saturated heterocycles. The van der Waals surface area contributed by atoms with Crippen LogP contribution in [0.3, 0.4) is 0 Å². The van der Waals surface area contributed by atoms with Crippen molar-refractivity contribution >= 4 is 0 Å². The van der Waals surface area contributed by atoms with E-state index in [1.165, 1.54) is 17.5 Å². The Morgan fingerprint density at radius 1 is 0.875 bits per heavy atom. The zero-order valence-electron chi connectivity index (χ0n) is 17.1. The number of aryl methyl sites for hydroxylation is 1. The SMILES string of the molecule is Cc1cc2c(c(C)c1C)C(C)(C)C[C]2(C)[Zr]([CH3])([CH3])[C]1(C)C=CC=C1. The van der Waals surface area contributed by atoms with Gasteiger partial charge in [-0.3, -0.25) is 0 Å². The summed E-state index contributed by atoms with van der Waals surface area (Å²) in [4.78, 5) is 0. The molecule has 24 heavy (non-hydrogen) atoms. The van der Waals surface area contributed by atoms with Crippen LogP contribution in [-0.2, 0) is 28.8 Å². The van der Waals surface area contributed by atoms with Crippen molar-refractivity contribution in [2.45, 2.75) is 75.8 Å². The van der Waals surface area contributed by atoms with Crippen molar-refractivity contribution in [2.75, 3.05) is 0 Å². The Bertz CT molecular complexity index is 749. The van der Waals surface area contributed by atoms with E-state index >= 15 is 0 Å². The summed E-state index contributed by atoms with van der Waals surface area (Å²) in [6.07, 6.45) is 10.8. The quantitative estimate of drug-likeness (QED) is 0.497. The third kappa shape index (κ3) is 2.19. The summed E-state index contributed by atoms with van der Waals surface area (Å²) in [5.41, 5.74) is 8.13. The van der Waals surface area contributed by atoms with Crippen LogP contribution < -0.4 is 0 Å². The van der Waals surface area contributed by atoms with Crippen molar-refractivity contribution < 1.29 is 20.3 Å². The average Bonchev–Trinajstić information content (AvgIpc) is 2.99. The summed E-state index contributed by atoms with van der Waals surface area (Å²) in [7, 11) is 0. The van der Waals surface area contributed by atoms with Crippen molar-refractivity contribution in [3.8, 4) is 0 Å². The second-order valence-electron chi connectivity index (χ2n) is 9.88. The maximum atomic E-state index is 2.68. The Morgan fingerprint density at radius 3 is 1.96 bits per heavy atom. The number of fused-ring (bicyclic) bond motifs is 1. The molecular weight excluding hydrogens is 367 g/mol. The average molecular weight is 402 g/mol. The van der Waals surface area contributed by atoms with Gasteiger partial charge in [-0.2, -0.15) is 0 Å². The molecule has 1 aromatic rings. The fourth-order valence-electron chi connectivity index (χ4n) is 5.59. The molecule has 1 atom stereocenters. The van der Waals surface area contributed by atoms with Crippen LogP contribution in [0.2, 0.25) is 12.4 Å². The molecule has 0 heterocycles. The molecule has 1 unspecified atom stereocenters. The van der Waals surface area contributed by atoms with Gasteiger partial charge in [0.05, 0.1) is 0 Å². The van der Waals surface area contributed by atoms with Crippen molar-refractivity contribution in [1.82, 2.24) is 0 Å². The van der Waals surface area contributed by atoms with Gasteiger partial charge in [-0.1, -0.05) is 0 Å². The Balaban J connectivity index is 2.29. The standard InChI is InChI=1S/C15H21.C6H7.2CH3.Zr/c1-9-7-13-10(2)8-15(5,6)14(13)12(4)11(9)3;1-6-4-2-3-5-6;;;/h7H,8H2,1-6H3;2-5H,1H3;2*1H3;. The maximum absolute atomic E-state index is 2.68. The van der Waals surface area contributed by atoms with Crippen LogP contribution in [0.1, 0.15) is 61.9 Å². The summed E-state index contributed by atoms with van der Waals surface area (Å²) in [5, 5.41) is 0. The molecule has 0 saturated carbocycles. The molecule has 0 aliphatic heterocycles. The van der Waals surface area contributed by atoms with Gasteiger partial charge in [0, 0.05) is 0 Å². The Kier molecular flexibility index (Phi) is 4.05. The van der Waals surface area contributed by atoms with Crippen LogP contribution in [0.4, 0.5) is 0 Å². The van der Waals surface area contributed by atoms with Crippen molar-refractivity contribution in [3.05, 3.63) is 58.2 Å². The molecule has 0 nitrogen and oxygen atoms in total. The van der Waals surface area contributed by atoms with Gasteiger partial charge in [0.2, 0.25) is 0 Å². The molecule has 130 valence electrons. The van der Waals surface area contributed by atoms with E-state index in [1.54, 1.807) is 16.7 Å². The van der Waals surface area contributed by atoms with Crippen LogP contribution in [0.15, 0.2) is 30.4 Å². The van der Waals surface area contributed by atoms with Gasteiger partial charge in [-0.25, -0.2) is 0 Å². The fraction of sp³-hybridized carbons (Fsp3) is 0.565. The number of benzene rings is 1. The van der Waals surface area contributed by atoms with Gasteiger partial charge < -0.3 is 0 Å². The van der Waals surface area contributed by atoms with Crippen LogP contribution in [0, 0.1) is 20.8 Å². The van der Waals surface area contributed by atoms with E-state index < -0.39 is 20.3 Å². The van der Waals surface area contributed by atoms with Crippen LogP contribution in [0.5, 0.6) is 0 Å². The molecule has 0 radical (unpaired) electrons. The first-order valence-electron chi connectivity index (χ1n) is 9.36. The molecule has 0 fully saturated rings. The first-order chi connectivity index (χ1) is 10.9. The van der Waals surface area contributed by atoms with Crippen LogP contribution in [0.25, 0.3) is 0 Å². The summed E-state index contributed by atoms with van der Waals surface area (Å²) < 4.78 is 6.05. The topological polar surface area (TPSA) is 0 Å². The molecular formula is C23H34Zr. The predicted octanol–water partition coefficient (Wildman–Crippen LogP) is 7.06. The second kappa shape index (κ2) is 5.29. The number of allylic oxidation sites excluding steroid dienone is 4.